The molecular weight excluding hydrogens is 310 g/mol. The van der Waals surface area contributed by atoms with Gasteiger partial charge in [-0.25, -0.2) is 4.98 Å². The monoisotopic (exact) mass is 333 g/mol. The van der Waals surface area contributed by atoms with E-state index in [4.69, 9.17) is 4.98 Å². The molecule has 2 saturated heterocycles. The first-order valence-corrected chi connectivity index (χ1v) is 10.2. The third kappa shape index (κ3) is 2.99. The van der Waals surface area contributed by atoms with Gasteiger partial charge >= 0.3 is 0 Å². The third-order valence-electron chi connectivity index (χ3n) is 4.83. The first kappa shape index (κ1) is 14.8. The van der Waals surface area contributed by atoms with Gasteiger partial charge in [-0.1, -0.05) is 17.4 Å². The van der Waals surface area contributed by atoms with Crippen LogP contribution < -0.4 is 4.90 Å². The van der Waals surface area contributed by atoms with Crippen molar-refractivity contribution in [2.45, 2.75) is 25.8 Å². The van der Waals surface area contributed by atoms with Crippen LogP contribution in [0.5, 0.6) is 0 Å². The van der Waals surface area contributed by atoms with Crippen molar-refractivity contribution in [1.29, 1.82) is 0 Å². The van der Waals surface area contributed by atoms with Crippen LogP contribution >= 0.6 is 23.1 Å². The fraction of sp³-hybridized carbons (Fsp3) is 0.588. The van der Waals surface area contributed by atoms with Gasteiger partial charge in [-0.05, 0) is 37.5 Å². The van der Waals surface area contributed by atoms with Crippen molar-refractivity contribution in [3.05, 3.63) is 23.8 Å². The maximum Gasteiger partial charge on any atom is 0.186 e. The second-order valence-electron chi connectivity index (χ2n) is 6.33. The number of benzene rings is 1. The number of thioether (sulfide) groups is 1. The predicted octanol–water partition coefficient (Wildman–Crippen LogP) is 3.62. The molecule has 22 heavy (non-hydrogen) atoms. The number of hydrogen-bond donors (Lipinski definition) is 0. The maximum absolute atomic E-state index is 4.84. The van der Waals surface area contributed by atoms with E-state index >= 15 is 0 Å². The van der Waals surface area contributed by atoms with Crippen molar-refractivity contribution >= 4 is 38.4 Å². The van der Waals surface area contributed by atoms with Gasteiger partial charge < -0.3 is 4.90 Å². The Hall–Kier alpha value is -0.780. The van der Waals surface area contributed by atoms with E-state index in [-0.39, 0.29) is 0 Å². The second-order valence-corrected chi connectivity index (χ2v) is 8.57. The first-order valence-electron chi connectivity index (χ1n) is 8.23. The number of thiazole rings is 1. The Morgan fingerprint density at radius 2 is 1.86 bits per heavy atom. The van der Waals surface area contributed by atoms with E-state index in [2.05, 4.69) is 46.7 Å². The van der Waals surface area contributed by atoms with Crippen LogP contribution in [0.2, 0.25) is 0 Å². The normalized spacial score (nSPS) is 21.6. The number of nitrogens with zero attached hydrogens (tertiary/aromatic N) is 3. The molecule has 0 unspecified atom stereocenters. The Labute approximate surface area is 140 Å². The van der Waals surface area contributed by atoms with E-state index in [0.717, 1.165) is 24.6 Å². The minimum atomic E-state index is 0.800. The summed E-state index contributed by atoms with van der Waals surface area (Å²) < 4.78 is 1.32. The highest BCUT2D eigenvalue weighted by Crippen LogP contribution is 2.32. The number of hydrogen-bond acceptors (Lipinski definition) is 5. The molecule has 0 radical (unpaired) electrons. The molecule has 3 nitrogen and oxygen atoms in total. The van der Waals surface area contributed by atoms with Crippen molar-refractivity contribution in [2.75, 3.05) is 42.6 Å². The molecule has 2 aliphatic rings. The summed E-state index contributed by atoms with van der Waals surface area (Å²) in [7, 11) is 0. The molecule has 2 aliphatic heterocycles. The van der Waals surface area contributed by atoms with Gasteiger partial charge in [0, 0.05) is 43.7 Å². The van der Waals surface area contributed by atoms with E-state index in [0.29, 0.717) is 0 Å². The summed E-state index contributed by atoms with van der Waals surface area (Å²) in [6.07, 6.45) is 2.58. The van der Waals surface area contributed by atoms with Gasteiger partial charge in [0.15, 0.2) is 5.13 Å². The zero-order chi connectivity index (χ0) is 14.9. The molecule has 0 aliphatic carbocycles. The van der Waals surface area contributed by atoms with E-state index in [9.17, 15) is 0 Å². The first-order chi connectivity index (χ1) is 10.8. The molecule has 0 bridgehead atoms. The minimum absolute atomic E-state index is 0.800. The lowest BCUT2D eigenvalue weighted by molar-refractivity contribution is 0.186. The molecule has 3 heterocycles. The summed E-state index contributed by atoms with van der Waals surface area (Å²) in [4.78, 5) is 10.1. The number of piperidine rings is 1. The van der Waals surface area contributed by atoms with E-state index in [1.54, 1.807) is 0 Å². The molecule has 2 aromatic rings. The van der Waals surface area contributed by atoms with E-state index < -0.39 is 0 Å². The van der Waals surface area contributed by atoms with Gasteiger partial charge in [0.25, 0.3) is 0 Å². The Morgan fingerprint density at radius 3 is 2.64 bits per heavy atom. The zero-order valence-corrected chi connectivity index (χ0v) is 14.8. The molecule has 1 aromatic heterocycles. The summed E-state index contributed by atoms with van der Waals surface area (Å²) in [6, 6.07) is 7.37. The lowest BCUT2D eigenvalue weighted by Crippen LogP contribution is -2.47. The molecule has 2 fully saturated rings. The molecule has 0 saturated carbocycles. The molecule has 5 heteroatoms. The summed E-state index contributed by atoms with van der Waals surface area (Å²) in [5.41, 5.74) is 2.48. The van der Waals surface area contributed by atoms with Crippen LogP contribution in [0.4, 0.5) is 5.13 Å². The van der Waals surface area contributed by atoms with Gasteiger partial charge in [-0.15, -0.1) is 0 Å². The fourth-order valence-corrected chi connectivity index (χ4v) is 5.57. The Kier molecular flexibility index (Phi) is 4.29. The second kappa shape index (κ2) is 6.38. The Morgan fingerprint density at radius 1 is 1.09 bits per heavy atom. The van der Waals surface area contributed by atoms with Crippen LogP contribution in [0.15, 0.2) is 18.2 Å². The van der Waals surface area contributed by atoms with Gasteiger partial charge in [-0.2, -0.15) is 11.8 Å². The van der Waals surface area contributed by atoms with Gasteiger partial charge in [0.1, 0.15) is 0 Å². The van der Waals surface area contributed by atoms with E-state index in [1.165, 1.54) is 52.8 Å². The van der Waals surface area contributed by atoms with Crippen LogP contribution in [0, 0.1) is 6.92 Å². The van der Waals surface area contributed by atoms with Crippen molar-refractivity contribution in [1.82, 2.24) is 9.88 Å². The third-order valence-corrected chi connectivity index (χ3v) is 6.85. The number of aryl methyl sites for hydroxylation is 1. The smallest absolute Gasteiger partial charge is 0.186 e. The Bertz CT molecular complexity index is 640. The standard InChI is InChI=1S/C17H23N3S2/c1-13-2-3-15-16(12-13)22-17(18-15)20-6-4-14(5-7-20)19-8-10-21-11-9-19/h2-3,12,14H,4-11H2,1H3. The van der Waals surface area contributed by atoms with Crippen LogP contribution in [0.25, 0.3) is 10.2 Å². The lowest BCUT2D eigenvalue weighted by atomic mass is 10.0. The van der Waals surface area contributed by atoms with Crippen molar-refractivity contribution in [3.8, 4) is 0 Å². The number of anilines is 1. The van der Waals surface area contributed by atoms with E-state index in [1.807, 2.05) is 11.3 Å². The predicted molar refractivity (Wildman–Crippen MR) is 98.5 cm³/mol. The highest BCUT2D eigenvalue weighted by atomic mass is 32.2. The molecule has 118 valence electrons. The number of aromatic nitrogens is 1. The topological polar surface area (TPSA) is 19.4 Å². The molecule has 4 rings (SSSR count). The fourth-order valence-electron chi connectivity index (χ4n) is 3.52. The van der Waals surface area contributed by atoms with Crippen molar-refractivity contribution in [3.63, 3.8) is 0 Å². The van der Waals surface area contributed by atoms with Gasteiger partial charge in [0.05, 0.1) is 10.2 Å². The maximum atomic E-state index is 4.84. The summed E-state index contributed by atoms with van der Waals surface area (Å²) in [5.74, 6) is 2.63. The lowest BCUT2D eigenvalue weighted by Gasteiger charge is -2.40. The average molecular weight is 334 g/mol. The number of rotatable bonds is 2. The highest BCUT2D eigenvalue weighted by molar-refractivity contribution is 7.99. The van der Waals surface area contributed by atoms with Crippen molar-refractivity contribution in [2.24, 2.45) is 0 Å². The largest absolute Gasteiger partial charge is 0.348 e. The minimum Gasteiger partial charge on any atom is -0.348 e. The van der Waals surface area contributed by atoms with Gasteiger partial charge in [-0.3, -0.25) is 4.90 Å². The molecule has 1 aromatic carbocycles. The molecule has 0 amide bonds. The van der Waals surface area contributed by atoms with Crippen LogP contribution in [-0.4, -0.2) is 53.6 Å². The zero-order valence-electron chi connectivity index (χ0n) is 13.1. The van der Waals surface area contributed by atoms with Crippen LogP contribution in [-0.2, 0) is 0 Å². The highest BCUT2D eigenvalue weighted by Gasteiger charge is 2.26. The van der Waals surface area contributed by atoms with Gasteiger partial charge in [0.2, 0.25) is 0 Å². The average Bonchev–Trinajstić information content (AvgIpc) is 2.99. The SMILES string of the molecule is Cc1ccc2nc(N3CCC(N4CCSCC4)CC3)sc2c1. The van der Waals surface area contributed by atoms with Crippen LogP contribution in [0.1, 0.15) is 18.4 Å². The van der Waals surface area contributed by atoms with Crippen LogP contribution in [0.3, 0.4) is 0 Å². The Balaban J connectivity index is 1.43. The molecule has 0 atom stereocenters. The van der Waals surface area contributed by atoms with Crippen molar-refractivity contribution < 1.29 is 0 Å². The summed E-state index contributed by atoms with van der Waals surface area (Å²) in [6.45, 7) is 7.05. The summed E-state index contributed by atoms with van der Waals surface area (Å²) >= 11 is 3.96. The molecular formula is C17H23N3S2. The number of fused-ring (bicyclic) bond motifs is 1. The quantitative estimate of drug-likeness (QED) is 0.835. The molecule has 0 N–H and O–H groups in total. The molecule has 0 spiro atoms. The summed E-state index contributed by atoms with van der Waals surface area (Å²) in [5, 5.41) is 1.22.